The van der Waals surface area contributed by atoms with Gasteiger partial charge in [0.25, 0.3) is 0 Å². The van der Waals surface area contributed by atoms with Gasteiger partial charge in [0.15, 0.2) is 0 Å². The van der Waals surface area contributed by atoms with Gasteiger partial charge in [-0.15, -0.1) is 11.6 Å². The van der Waals surface area contributed by atoms with Crippen molar-refractivity contribution in [3.05, 3.63) is 35.4 Å². The third-order valence-corrected chi connectivity index (χ3v) is 4.18. The van der Waals surface area contributed by atoms with Crippen molar-refractivity contribution >= 4 is 21.6 Å². The molecule has 1 aromatic rings. The Morgan fingerprint density at radius 1 is 1.11 bits per heavy atom. The van der Waals surface area contributed by atoms with Crippen LogP contribution >= 0.6 is 11.6 Å². The van der Waals surface area contributed by atoms with Crippen LogP contribution < -0.4 is 4.72 Å². The van der Waals surface area contributed by atoms with E-state index < -0.39 is 10.0 Å². The number of alkyl halides is 1. The number of benzene rings is 1. The van der Waals surface area contributed by atoms with E-state index in [1.54, 1.807) is 24.3 Å². The number of nitrogens with one attached hydrogen (secondary N) is 1. The third kappa shape index (κ3) is 5.82. The minimum absolute atomic E-state index is 0.00949. The number of sulfonamides is 1. The van der Waals surface area contributed by atoms with Crippen molar-refractivity contribution in [1.29, 1.82) is 0 Å². The second-order valence-corrected chi connectivity index (χ2v) is 6.32. The van der Waals surface area contributed by atoms with E-state index >= 15 is 0 Å². The predicted molar refractivity (Wildman–Crippen MR) is 72.9 cm³/mol. The van der Waals surface area contributed by atoms with Crippen LogP contribution in [0.3, 0.4) is 0 Å². The van der Waals surface area contributed by atoms with Crippen molar-refractivity contribution in [2.75, 3.05) is 11.6 Å². The lowest BCUT2D eigenvalue weighted by molar-refractivity contribution is 0.282. The fourth-order valence-electron chi connectivity index (χ4n) is 1.41. The lowest BCUT2D eigenvalue weighted by Crippen LogP contribution is -2.26. The molecular formula is C12H18ClNO3S. The van der Waals surface area contributed by atoms with Gasteiger partial charge in [0, 0.05) is 12.4 Å². The van der Waals surface area contributed by atoms with Gasteiger partial charge in [-0.2, -0.15) is 0 Å². The van der Waals surface area contributed by atoms with E-state index in [4.69, 9.17) is 16.7 Å². The Hall–Kier alpha value is -0.620. The second-order valence-electron chi connectivity index (χ2n) is 4.01. The molecule has 0 aliphatic heterocycles. The zero-order valence-corrected chi connectivity index (χ0v) is 11.7. The first-order chi connectivity index (χ1) is 8.57. The van der Waals surface area contributed by atoms with Crippen LogP contribution in [0, 0.1) is 0 Å². The number of halogens is 1. The van der Waals surface area contributed by atoms with Crippen molar-refractivity contribution in [2.45, 2.75) is 26.0 Å². The number of rotatable bonds is 8. The van der Waals surface area contributed by atoms with Gasteiger partial charge in [0.05, 0.1) is 12.4 Å². The fourth-order valence-corrected chi connectivity index (χ4v) is 2.72. The first-order valence-corrected chi connectivity index (χ1v) is 7.98. The highest BCUT2D eigenvalue weighted by molar-refractivity contribution is 7.89. The molecule has 0 atom stereocenters. The first kappa shape index (κ1) is 15.4. The van der Waals surface area contributed by atoms with Crippen LogP contribution in [0.1, 0.15) is 24.0 Å². The number of aliphatic hydroxyl groups excluding tert-OH is 1. The minimum atomic E-state index is -3.23. The predicted octanol–water partition coefficient (Wildman–Crippen LogP) is 1.62. The van der Waals surface area contributed by atoms with E-state index in [2.05, 4.69) is 4.72 Å². The van der Waals surface area contributed by atoms with Crippen molar-refractivity contribution in [2.24, 2.45) is 0 Å². The van der Waals surface area contributed by atoms with Crippen molar-refractivity contribution < 1.29 is 13.5 Å². The molecule has 0 amide bonds. The molecule has 2 N–H and O–H groups in total. The van der Waals surface area contributed by atoms with Crippen LogP contribution in [0.4, 0.5) is 0 Å². The maximum Gasteiger partial charge on any atom is 0.211 e. The molecule has 0 saturated carbocycles. The zero-order chi connectivity index (χ0) is 13.4. The van der Waals surface area contributed by atoms with E-state index in [-0.39, 0.29) is 18.9 Å². The summed E-state index contributed by atoms with van der Waals surface area (Å²) in [7, 11) is -3.23. The average Bonchev–Trinajstić information content (AvgIpc) is 2.37. The van der Waals surface area contributed by atoms with Gasteiger partial charge in [-0.25, -0.2) is 13.1 Å². The second kappa shape index (κ2) is 7.74. The SMILES string of the molecule is O=S(=O)(CCCCCl)NCc1ccc(CO)cc1. The normalized spacial score (nSPS) is 11.7. The standard InChI is InChI=1S/C12H18ClNO3S/c13-7-1-2-8-18(16,17)14-9-11-3-5-12(10-15)6-4-11/h3-6,14-15H,1-2,7-10H2. The van der Waals surface area contributed by atoms with Gasteiger partial charge in [-0.1, -0.05) is 24.3 Å². The number of hydrogen-bond acceptors (Lipinski definition) is 3. The van der Waals surface area contributed by atoms with Crippen molar-refractivity contribution in [3.63, 3.8) is 0 Å². The van der Waals surface area contributed by atoms with Crippen LogP contribution in [0.25, 0.3) is 0 Å². The molecule has 102 valence electrons. The molecule has 0 saturated heterocycles. The monoisotopic (exact) mass is 291 g/mol. The molecule has 0 fully saturated rings. The largest absolute Gasteiger partial charge is 0.392 e. The van der Waals surface area contributed by atoms with E-state index in [0.29, 0.717) is 18.7 Å². The van der Waals surface area contributed by atoms with Gasteiger partial charge in [0.1, 0.15) is 0 Å². The highest BCUT2D eigenvalue weighted by atomic mass is 35.5. The summed E-state index contributed by atoms with van der Waals surface area (Å²) in [6.07, 6.45) is 1.27. The lowest BCUT2D eigenvalue weighted by Gasteiger charge is -2.06. The topological polar surface area (TPSA) is 66.4 Å². The Morgan fingerprint density at radius 2 is 1.72 bits per heavy atom. The third-order valence-electron chi connectivity index (χ3n) is 2.50. The van der Waals surface area contributed by atoms with E-state index in [1.807, 2.05) is 0 Å². The van der Waals surface area contributed by atoms with Gasteiger partial charge in [-0.3, -0.25) is 0 Å². The highest BCUT2D eigenvalue weighted by Gasteiger charge is 2.09. The highest BCUT2D eigenvalue weighted by Crippen LogP contribution is 2.05. The Kier molecular flexibility index (Phi) is 6.63. The molecule has 1 aromatic carbocycles. The van der Waals surface area contributed by atoms with Crippen LogP contribution in [-0.4, -0.2) is 25.2 Å². The molecule has 0 heterocycles. The fraction of sp³-hybridized carbons (Fsp3) is 0.500. The molecule has 0 spiro atoms. The number of aliphatic hydroxyl groups is 1. The zero-order valence-electron chi connectivity index (χ0n) is 10.1. The Labute approximate surface area is 113 Å². The van der Waals surface area contributed by atoms with Gasteiger partial charge >= 0.3 is 0 Å². The smallest absolute Gasteiger partial charge is 0.211 e. The quantitative estimate of drug-likeness (QED) is 0.565. The molecule has 0 aromatic heterocycles. The van der Waals surface area contributed by atoms with Gasteiger partial charge in [-0.05, 0) is 24.0 Å². The van der Waals surface area contributed by atoms with Crippen LogP contribution in [0.5, 0.6) is 0 Å². The average molecular weight is 292 g/mol. The van der Waals surface area contributed by atoms with Crippen molar-refractivity contribution in [3.8, 4) is 0 Å². The molecule has 0 aliphatic carbocycles. The molecule has 1 rings (SSSR count). The van der Waals surface area contributed by atoms with E-state index in [9.17, 15) is 8.42 Å². The molecular weight excluding hydrogens is 274 g/mol. The van der Waals surface area contributed by atoms with E-state index in [0.717, 1.165) is 11.1 Å². The molecule has 0 radical (unpaired) electrons. The summed E-state index contributed by atoms with van der Waals surface area (Å²) < 4.78 is 25.8. The molecule has 0 aliphatic rings. The maximum atomic E-state index is 11.6. The van der Waals surface area contributed by atoms with Crippen molar-refractivity contribution in [1.82, 2.24) is 4.72 Å². The van der Waals surface area contributed by atoms with Crippen LogP contribution in [0.15, 0.2) is 24.3 Å². The minimum Gasteiger partial charge on any atom is -0.392 e. The summed E-state index contributed by atoms with van der Waals surface area (Å²) in [6, 6.07) is 7.15. The summed E-state index contributed by atoms with van der Waals surface area (Å²) in [4.78, 5) is 0. The maximum absolute atomic E-state index is 11.6. The molecule has 18 heavy (non-hydrogen) atoms. The number of hydrogen-bond donors (Lipinski definition) is 2. The molecule has 4 nitrogen and oxygen atoms in total. The lowest BCUT2D eigenvalue weighted by atomic mass is 10.1. The van der Waals surface area contributed by atoms with Gasteiger partial charge in [0.2, 0.25) is 10.0 Å². The van der Waals surface area contributed by atoms with Gasteiger partial charge < -0.3 is 5.11 Å². The van der Waals surface area contributed by atoms with E-state index in [1.165, 1.54) is 0 Å². The number of unbranched alkanes of at least 4 members (excludes halogenated alkanes) is 1. The summed E-state index contributed by atoms with van der Waals surface area (Å²) in [5.74, 6) is 0.590. The Morgan fingerprint density at radius 3 is 2.28 bits per heavy atom. The van der Waals surface area contributed by atoms with Crippen LogP contribution in [0.2, 0.25) is 0 Å². The summed E-state index contributed by atoms with van der Waals surface area (Å²) in [6.45, 7) is 0.263. The molecule has 0 unspecified atom stereocenters. The Balaban J connectivity index is 2.43. The molecule has 0 bridgehead atoms. The summed E-state index contributed by atoms with van der Waals surface area (Å²) in [5, 5.41) is 8.89. The molecule has 6 heteroatoms. The van der Waals surface area contributed by atoms with Crippen LogP contribution in [-0.2, 0) is 23.2 Å². The first-order valence-electron chi connectivity index (χ1n) is 5.79. The Bertz CT molecular complexity index is 445. The summed E-state index contributed by atoms with van der Waals surface area (Å²) in [5.41, 5.74) is 1.68. The summed E-state index contributed by atoms with van der Waals surface area (Å²) >= 11 is 5.50.